The number of benzene rings is 1. The lowest BCUT2D eigenvalue weighted by atomic mass is 10.1. The van der Waals surface area contributed by atoms with Gasteiger partial charge in [-0.05, 0) is 58.7 Å². The number of hydrogen-bond donors (Lipinski definition) is 1. The second kappa shape index (κ2) is 7.07. The molecule has 0 radical (unpaired) electrons. The van der Waals surface area contributed by atoms with Crippen molar-refractivity contribution in [1.82, 2.24) is 19.6 Å². The Hall–Kier alpha value is -2.41. The molecule has 2 heterocycles. The third kappa shape index (κ3) is 3.58. The number of amides is 1. The molecule has 0 saturated carbocycles. The minimum absolute atomic E-state index is 0.0714. The first-order chi connectivity index (χ1) is 12.3. The Balaban J connectivity index is 1.77. The van der Waals surface area contributed by atoms with E-state index in [4.69, 9.17) is 0 Å². The Bertz CT molecular complexity index is 995. The molecule has 0 spiro atoms. The van der Waals surface area contributed by atoms with Crippen molar-refractivity contribution in [3.8, 4) is 0 Å². The predicted octanol–water partition coefficient (Wildman–Crippen LogP) is 3.79. The normalized spacial score (nSPS) is 12.4. The topological polar surface area (TPSA) is 72.2 Å². The Kier molecular flexibility index (Phi) is 5.00. The van der Waals surface area contributed by atoms with E-state index in [1.807, 2.05) is 53.7 Å². The lowest BCUT2D eigenvalue weighted by Gasteiger charge is -2.12. The molecule has 0 bridgehead atoms. The van der Waals surface area contributed by atoms with Crippen LogP contribution < -0.4 is 5.32 Å². The third-order valence-corrected chi connectivity index (χ3v) is 5.48. The molecule has 26 heavy (non-hydrogen) atoms. The van der Waals surface area contributed by atoms with Crippen molar-refractivity contribution < 1.29 is 4.79 Å². The number of thioether (sulfide) groups is 1. The molecule has 7 heteroatoms. The molecule has 0 aliphatic heterocycles. The number of carbonyl (C=O) groups is 1. The van der Waals surface area contributed by atoms with Crippen molar-refractivity contribution in [2.45, 2.75) is 51.9 Å². The van der Waals surface area contributed by atoms with Gasteiger partial charge in [-0.3, -0.25) is 4.79 Å². The smallest absolute Gasteiger partial charge is 0.253 e. The summed E-state index contributed by atoms with van der Waals surface area (Å²) in [6, 6.07) is 5.97. The maximum atomic E-state index is 12.5. The molecule has 0 aliphatic rings. The molecule has 0 unspecified atom stereocenters. The van der Waals surface area contributed by atoms with E-state index in [2.05, 4.69) is 26.4 Å². The van der Waals surface area contributed by atoms with Gasteiger partial charge in [-0.2, -0.15) is 4.98 Å². The van der Waals surface area contributed by atoms with Crippen LogP contribution in [0.5, 0.6) is 0 Å². The summed E-state index contributed by atoms with van der Waals surface area (Å²) >= 11 is 1.33. The van der Waals surface area contributed by atoms with Crippen LogP contribution in [0.2, 0.25) is 0 Å². The maximum absolute atomic E-state index is 12.5. The molecule has 0 aliphatic carbocycles. The van der Waals surface area contributed by atoms with Gasteiger partial charge in [0.15, 0.2) is 0 Å². The number of aryl methyl sites for hydroxylation is 4. The highest BCUT2D eigenvalue weighted by molar-refractivity contribution is 8.00. The number of rotatable bonds is 4. The minimum Gasteiger partial charge on any atom is -0.325 e. The summed E-state index contributed by atoms with van der Waals surface area (Å²) < 4.78 is 1.74. The van der Waals surface area contributed by atoms with Gasteiger partial charge < -0.3 is 5.32 Å². The van der Waals surface area contributed by atoms with Gasteiger partial charge in [0.1, 0.15) is 0 Å². The van der Waals surface area contributed by atoms with E-state index in [0.29, 0.717) is 10.9 Å². The van der Waals surface area contributed by atoms with Crippen LogP contribution in [0.1, 0.15) is 35.0 Å². The fraction of sp³-hybridized carbons (Fsp3) is 0.368. The van der Waals surface area contributed by atoms with Crippen molar-refractivity contribution >= 4 is 29.1 Å². The number of anilines is 1. The average molecular weight is 369 g/mol. The van der Waals surface area contributed by atoms with Crippen molar-refractivity contribution in [2.75, 3.05) is 5.32 Å². The Labute approximate surface area is 157 Å². The number of carbonyl (C=O) groups excluding carboxylic acids is 1. The molecule has 1 aromatic carbocycles. The van der Waals surface area contributed by atoms with Crippen LogP contribution in [0.3, 0.4) is 0 Å². The molecule has 1 amide bonds. The zero-order chi connectivity index (χ0) is 19.0. The molecule has 1 atom stereocenters. The Morgan fingerprint density at radius 3 is 2.58 bits per heavy atom. The second-order valence-electron chi connectivity index (χ2n) is 6.58. The van der Waals surface area contributed by atoms with Crippen LogP contribution in [0.4, 0.5) is 5.69 Å². The van der Waals surface area contributed by atoms with Crippen molar-refractivity contribution in [1.29, 1.82) is 0 Å². The average Bonchev–Trinajstić information content (AvgIpc) is 2.97. The van der Waals surface area contributed by atoms with E-state index in [-0.39, 0.29) is 11.2 Å². The van der Waals surface area contributed by atoms with Crippen LogP contribution in [0.25, 0.3) is 5.78 Å². The SMILES string of the molecule is Cc1ccc(NC(=O)[C@H](C)Sc2nc3nc(C)c(C)c(C)n3n2)c(C)c1. The van der Waals surface area contributed by atoms with Gasteiger partial charge in [0, 0.05) is 17.1 Å². The quantitative estimate of drug-likeness (QED) is 0.709. The van der Waals surface area contributed by atoms with Crippen LogP contribution in [-0.4, -0.2) is 30.7 Å². The molecular formula is C19H23N5OS. The molecule has 3 aromatic rings. The van der Waals surface area contributed by atoms with Crippen molar-refractivity contribution in [2.24, 2.45) is 0 Å². The summed E-state index contributed by atoms with van der Waals surface area (Å²) in [5.74, 6) is 0.493. The van der Waals surface area contributed by atoms with Crippen molar-refractivity contribution in [3.05, 3.63) is 46.3 Å². The van der Waals surface area contributed by atoms with Gasteiger partial charge in [0.05, 0.1) is 5.25 Å². The van der Waals surface area contributed by atoms with E-state index in [0.717, 1.165) is 28.2 Å². The fourth-order valence-corrected chi connectivity index (χ4v) is 3.43. The monoisotopic (exact) mass is 369 g/mol. The number of aromatic nitrogens is 4. The molecule has 2 aromatic heterocycles. The standard InChI is InChI=1S/C19H23N5OS/c1-10-7-8-16(11(2)9-10)21-17(25)15(6)26-19-22-18-20-13(4)12(3)14(5)24(18)23-19/h7-9,15H,1-6H3,(H,21,25)/t15-/m0/s1. The second-order valence-corrected chi connectivity index (χ2v) is 7.89. The lowest BCUT2D eigenvalue weighted by Crippen LogP contribution is -2.23. The lowest BCUT2D eigenvalue weighted by molar-refractivity contribution is -0.115. The molecule has 1 N–H and O–H groups in total. The number of fused-ring (bicyclic) bond motifs is 1. The molecule has 136 valence electrons. The summed E-state index contributed by atoms with van der Waals surface area (Å²) in [5, 5.41) is 7.71. The Morgan fingerprint density at radius 2 is 1.88 bits per heavy atom. The van der Waals surface area contributed by atoms with Gasteiger partial charge in [0.2, 0.25) is 11.1 Å². The Morgan fingerprint density at radius 1 is 1.15 bits per heavy atom. The first kappa shape index (κ1) is 18.4. The van der Waals surface area contributed by atoms with E-state index in [9.17, 15) is 4.79 Å². The zero-order valence-electron chi connectivity index (χ0n) is 15.9. The number of nitrogens with one attached hydrogen (secondary N) is 1. The molecule has 0 saturated heterocycles. The van der Waals surface area contributed by atoms with Gasteiger partial charge in [-0.25, -0.2) is 9.50 Å². The molecular weight excluding hydrogens is 346 g/mol. The van der Waals surface area contributed by atoms with E-state index < -0.39 is 0 Å². The number of nitrogens with zero attached hydrogens (tertiary/aromatic N) is 4. The van der Waals surface area contributed by atoms with Crippen LogP contribution in [-0.2, 0) is 4.79 Å². The molecule has 6 nitrogen and oxygen atoms in total. The third-order valence-electron chi connectivity index (χ3n) is 4.53. The fourth-order valence-electron chi connectivity index (χ4n) is 2.69. The summed E-state index contributed by atoms with van der Waals surface area (Å²) in [6.07, 6.45) is 0. The van der Waals surface area contributed by atoms with Gasteiger partial charge >= 0.3 is 0 Å². The van der Waals surface area contributed by atoms with Crippen molar-refractivity contribution in [3.63, 3.8) is 0 Å². The van der Waals surface area contributed by atoms with Gasteiger partial charge in [-0.15, -0.1) is 5.10 Å². The highest BCUT2D eigenvalue weighted by Crippen LogP contribution is 2.24. The van der Waals surface area contributed by atoms with Crippen LogP contribution in [0.15, 0.2) is 23.4 Å². The largest absolute Gasteiger partial charge is 0.325 e. The highest BCUT2D eigenvalue weighted by atomic mass is 32.2. The summed E-state index contributed by atoms with van der Waals surface area (Å²) in [6.45, 7) is 11.9. The highest BCUT2D eigenvalue weighted by Gasteiger charge is 2.19. The predicted molar refractivity (Wildman–Crippen MR) is 105 cm³/mol. The minimum atomic E-state index is -0.324. The molecule has 3 rings (SSSR count). The summed E-state index contributed by atoms with van der Waals surface area (Å²) in [4.78, 5) is 21.5. The van der Waals surface area contributed by atoms with Crippen LogP contribution in [0, 0.1) is 34.6 Å². The van der Waals surface area contributed by atoms with E-state index in [1.165, 1.54) is 17.3 Å². The first-order valence-corrected chi connectivity index (χ1v) is 9.39. The molecule has 0 fully saturated rings. The van der Waals surface area contributed by atoms with Gasteiger partial charge in [0.25, 0.3) is 5.78 Å². The van der Waals surface area contributed by atoms with E-state index >= 15 is 0 Å². The number of hydrogen-bond acceptors (Lipinski definition) is 5. The summed E-state index contributed by atoms with van der Waals surface area (Å²) in [7, 11) is 0. The maximum Gasteiger partial charge on any atom is 0.253 e. The zero-order valence-corrected chi connectivity index (χ0v) is 16.7. The first-order valence-electron chi connectivity index (χ1n) is 8.51. The summed E-state index contributed by atoms with van der Waals surface area (Å²) in [5.41, 5.74) is 6.11. The van der Waals surface area contributed by atoms with Crippen LogP contribution >= 0.6 is 11.8 Å². The van der Waals surface area contributed by atoms with Gasteiger partial charge in [-0.1, -0.05) is 29.5 Å². The van der Waals surface area contributed by atoms with E-state index in [1.54, 1.807) is 4.52 Å².